The minimum Gasteiger partial charge on any atom is -0.359 e. The first kappa shape index (κ1) is 18.4. The summed E-state index contributed by atoms with van der Waals surface area (Å²) in [5, 5.41) is 6.41. The van der Waals surface area contributed by atoms with E-state index in [1.165, 1.54) is 31.4 Å². The van der Waals surface area contributed by atoms with Gasteiger partial charge < -0.3 is 10.2 Å². The number of thiazole rings is 1. The molecule has 2 heterocycles. The minimum absolute atomic E-state index is 0.234. The fourth-order valence-electron chi connectivity index (χ4n) is 4.12. The number of amides is 1. The molecule has 0 spiro atoms. The van der Waals surface area contributed by atoms with Gasteiger partial charge in [0.05, 0.1) is 5.69 Å². The number of benzene rings is 1. The van der Waals surface area contributed by atoms with Gasteiger partial charge in [-0.05, 0) is 49.9 Å². The Morgan fingerprint density at radius 2 is 1.78 bits per heavy atom. The molecule has 0 bridgehead atoms. The second-order valence-corrected chi connectivity index (χ2v) is 8.48. The van der Waals surface area contributed by atoms with Gasteiger partial charge in [0.25, 0.3) is 0 Å². The smallest absolute Gasteiger partial charge is 0.225 e. The maximum atomic E-state index is 13.1. The number of rotatable bonds is 4. The number of hydrogen-bond donors (Lipinski definition) is 1. The third-order valence-electron chi connectivity index (χ3n) is 5.73. The van der Waals surface area contributed by atoms with Crippen molar-refractivity contribution in [2.24, 2.45) is 5.92 Å². The molecule has 1 aromatic heterocycles. The Morgan fingerprint density at radius 3 is 2.48 bits per heavy atom. The van der Waals surface area contributed by atoms with Crippen LogP contribution in [0.15, 0.2) is 29.6 Å². The van der Waals surface area contributed by atoms with Crippen LogP contribution in [0.4, 0.5) is 9.52 Å². The standard InChI is InChI=1S/C21H26FN3OS/c22-17-8-6-15(7-9-17)19-14-27-21(24-19)23-18-10-12-25(13-11-18)20(26)16-4-2-1-3-5-16/h6-9,14,16,18H,1-5,10-13H2,(H,23,24). The molecule has 4 rings (SSSR count). The highest BCUT2D eigenvalue weighted by molar-refractivity contribution is 7.14. The van der Waals surface area contributed by atoms with E-state index < -0.39 is 0 Å². The van der Waals surface area contributed by atoms with E-state index in [0.717, 1.165) is 55.2 Å². The summed E-state index contributed by atoms with van der Waals surface area (Å²) < 4.78 is 13.1. The van der Waals surface area contributed by atoms with Crippen molar-refractivity contribution in [3.8, 4) is 11.3 Å². The van der Waals surface area contributed by atoms with Crippen molar-refractivity contribution in [2.75, 3.05) is 18.4 Å². The number of likely N-dealkylation sites (tertiary alicyclic amines) is 1. The maximum Gasteiger partial charge on any atom is 0.225 e. The van der Waals surface area contributed by atoms with Crippen molar-refractivity contribution >= 4 is 22.4 Å². The predicted octanol–water partition coefficient (Wildman–Crippen LogP) is 4.93. The molecule has 1 aliphatic heterocycles. The van der Waals surface area contributed by atoms with Gasteiger partial charge >= 0.3 is 0 Å². The zero-order valence-electron chi connectivity index (χ0n) is 15.5. The average Bonchev–Trinajstić information content (AvgIpc) is 3.18. The number of aromatic nitrogens is 1. The number of carbonyl (C=O) groups is 1. The monoisotopic (exact) mass is 387 g/mol. The molecule has 1 saturated carbocycles. The molecule has 2 aromatic rings. The lowest BCUT2D eigenvalue weighted by molar-refractivity contribution is -0.137. The van der Waals surface area contributed by atoms with Crippen LogP contribution in [-0.2, 0) is 4.79 Å². The number of nitrogens with zero attached hydrogens (tertiary/aromatic N) is 2. The molecule has 0 atom stereocenters. The van der Waals surface area contributed by atoms with Gasteiger partial charge in [-0.1, -0.05) is 19.3 Å². The van der Waals surface area contributed by atoms with Crippen molar-refractivity contribution in [2.45, 2.75) is 51.0 Å². The van der Waals surface area contributed by atoms with E-state index in [2.05, 4.69) is 15.2 Å². The lowest BCUT2D eigenvalue weighted by Gasteiger charge is -2.35. The number of hydrogen-bond acceptors (Lipinski definition) is 4. The van der Waals surface area contributed by atoms with E-state index in [1.54, 1.807) is 23.5 Å². The molecular formula is C21H26FN3OS. The molecule has 2 fully saturated rings. The molecule has 6 heteroatoms. The first-order chi connectivity index (χ1) is 13.2. The van der Waals surface area contributed by atoms with Crippen molar-refractivity contribution in [1.82, 2.24) is 9.88 Å². The van der Waals surface area contributed by atoms with Gasteiger partial charge in [0.15, 0.2) is 5.13 Å². The Hall–Kier alpha value is -1.95. The summed E-state index contributed by atoms with van der Waals surface area (Å²) in [4.78, 5) is 19.4. The van der Waals surface area contributed by atoms with Crippen molar-refractivity contribution in [1.29, 1.82) is 0 Å². The molecule has 1 aliphatic carbocycles. The fraction of sp³-hybridized carbons (Fsp3) is 0.524. The summed E-state index contributed by atoms with van der Waals surface area (Å²) in [7, 11) is 0. The summed E-state index contributed by atoms with van der Waals surface area (Å²) in [6.45, 7) is 1.67. The highest BCUT2D eigenvalue weighted by atomic mass is 32.1. The van der Waals surface area contributed by atoms with E-state index >= 15 is 0 Å². The topological polar surface area (TPSA) is 45.2 Å². The first-order valence-electron chi connectivity index (χ1n) is 9.96. The van der Waals surface area contributed by atoms with E-state index in [1.807, 2.05) is 5.38 Å². The highest BCUT2D eigenvalue weighted by Crippen LogP contribution is 2.29. The van der Waals surface area contributed by atoms with Crippen LogP contribution in [0.1, 0.15) is 44.9 Å². The second kappa shape index (κ2) is 8.38. The maximum absolute atomic E-state index is 13.1. The number of halogens is 1. The van der Waals surface area contributed by atoms with Crippen LogP contribution in [0, 0.1) is 11.7 Å². The molecule has 27 heavy (non-hydrogen) atoms. The van der Waals surface area contributed by atoms with Gasteiger partial charge in [-0.25, -0.2) is 9.37 Å². The molecule has 2 aliphatic rings. The Labute approximate surface area is 163 Å². The Bertz CT molecular complexity index is 762. The minimum atomic E-state index is -0.234. The lowest BCUT2D eigenvalue weighted by Crippen LogP contribution is -2.45. The molecule has 1 N–H and O–H groups in total. The second-order valence-electron chi connectivity index (χ2n) is 7.62. The fourth-order valence-corrected chi connectivity index (χ4v) is 4.92. The summed E-state index contributed by atoms with van der Waals surface area (Å²) in [5.74, 6) is 0.406. The van der Waals surface area contributed by atoms with Gasteiger partial charge in [-0.3, -0.25) is 4.79 Å². The van der Waals surface area contributed by atoms with Crippen LogP contribution in [0.3, 0.4) is 0 Å². The van der Waals surface area contributed by atoms with Gasteiger partial charge in [-0.2, -0.15) is 0 Å². The third kappa shape index (κ3) is 4.49. The number of carbonyl (C=O) groups excluding carboxylic acids is 1. The highest BCUT2D eigenvalue weighted by Gasteiger charge is 2.29. The van der Waals surface area contributed by atoms with Gasteiger partial charge in [0.2, 0.25) is 5.91 Å². The van der Waals surface area contributed by atoms with Crippen molar-refractivity contribution in [3.63, 3.8) is 0 Å². The SMILES string of the molecule is O=C(C1CCCCC1)N1CCC(Nc2nc(-c3ccc(F)cc3)cs2)CC1. The van der Waals surface area contributed by atoms with Gasteiger partial charge in [0, 0.05) is 36.0 Å². The zero-order valence-corrected chi connectivity index (χ0v) is 16.3. The number of anilines is 1. The van der Waals surface area contributed by atoms with Gasteiger partial charge in [0.1, 0.15) is 5.82 Å². The van der Waals surface area contributed by atoms with Crippen molar-refractivity contribution in [3.05, 3.63) is 35.5 Å². The lowest BCUT2D eigenvalue weighted by atomic mass is 9.87. The quantitative estimate of drug-likeness (QED) is 0.809. The van der Waals surface area contributed by atoms with E-state index in [4.69, 9.17) is 0 Å². The number of nitrogens with one attached hydrogen (secondary N) is 1. The van der Waals surface area contributed by atoms with Crippen LogP contribution in [0.25, 0.3) is 11.3 Å². The Morgan fingerprint density at radius 1 is 1.07 bits per heavy atom. The molecule has 0 radical (unpaired) electrons. The molecule has 144 valence electrons. The van der Waals surface area contributed by atoms with E-state index in [-0.39, 0.29) is 11.7 Å². The normalized spacial score (nSPS) is 19.2. The average molecular weight is 388 g/mol. The van der Waals surface area contributed by atoms with Crippen LogP contribution < -0.4 is 5.32 Å². The van der Waals surface area contributed by atoms with Crippen LogP contribution in [0.5, 0.6) is 0 Å². The number of piperidine rings is 1. The predicted molar refractivity (Wildman–Crippen MR) is 107 cm³/mol. The van der Waals surface area contributed by atoms with Crippen LogP contribution in [0.2, 0.25) is 0 Å². The largest absolute Gasteiger partial charge is 0.359 e. The zero-order chi connectivity index (χ0) is 18.6. The van der Waals surface area contributed by atoms with Gasteiger partial charge in [-0.15, -0.1) is 11.3 Å². The Balaban J connectivity index is 1.29. The first-order valence-corrected chi connectivity index (χ1v) is 10.8. The molecule has 1 saturated heterocycles. The van der Waals surface area contributed by atoms with E-state index in [9.17, 15) is 9.18 Å². The van der Waals surface area contributed by atoms with Crippen molar-refractivity contribution < 1.29 is 9.18 Å². The molecular weight excluding hydrogens is 361 g/mol. The molecule has 1 amide bonds. The van der Waals surface area contributed by atoms with E-state index in [0.29, 0.717) is 11.9 Å². The summed E-state index contributed by atoms with van der Waals surface area (Å²) >= 11 is 1.58. The molecule has 4 nitrogen and oxygen atoms in total. The molecule has 1 aromatic carbocycles. The summed E-state index contributed by atoms with van der Waals surface area (Å²) in [5.41, 5.74) is 1.79. The molecule has 0 unspecified atom stereocenters. The summed E-state index contributed by atoms with van der Waals surface area (Å²) in [6, 6.07) is 6.78. The summed E-state index contributed by atoms with van der Waals surface area (Å²) in [6.07, 6.45) is 7.76. The Kier molecular flexibility index (Phi) is 5.72. The third-order valence-corrected chi connectivity index (χ3v) is 6.51. The van der Waals surface area contributed by atoms with Crippen LogP contribution >= 0.6 is 11.3 Å². The van der Waals surface area contributed by atoms with Crippen LogP contribution in [-0.4, -0.2) is 34.9 Å².